The number of carbonyl (C=O) groups is 2. The number of nitrogens with one attached hydrogen (secondary N) is 1. The van der Waals surface area contributed by atoms with Gasteiger partial charge < -0.3 is 14.4 Å². The molecule has 1 fully saturated rings. The van der Waals surface area contributed by atoms with E-state index in [-0.39, 0.29) is 19.9 Å². The first-order valence-corrected chi connectivity index (χ1v) is 12.5. The number of hydrogen-bond donors (Lipinski definition) is 1. The predicted octanol–water partition coefficient (Wildman–Crippen LogP) is 3.98. The molecule has 3 aromatic carbocycles. The van der Waals surface area contributed by atoms with E-state index in [0.29, 0.717) is 30.0 Å². The zero-order valence-corrected chi connectivity index (χ0v) is 21.2. The lowest BCUT2D eigenvalue weighted by Gasteiger charge is -2.17. The van der Waals surface area contributed by atoms with E-state index in [1.165, 1.54) is 0 Å². The Morgan fingerprint density at radius 1 is 1.00 bits per heavy atom. The molecule has 2 heterocycles. The normalized spacial score (nSPS) is 14.8. The summed E-state index contributed by atoms with van der Waals surface area (Å²) >= 11 is 0. The molecule has 0 unspecified atom stereocenters. The summed E-state index contributed by atoms with van der Waals surface area (Å²) in [7, 11) is 3.46. The second-order valence-corrected chi connectivity index (χ2v) is 10.0. The fraction of sp³-hybridized carbons (Fsp3) is 0.276. The molecular weight excluding hydrogens is 482 g/mol. The average Bonchev–Trinajstić information content (AvgIpc) is 3.33. The summed E-state index contributed by atoms with van der Waals surface area (Å²) in [6.45, 7) is 0.211. The van der Waals surface area contributed by atoms with Gasteiger partial charge in [0.2, 0.25) is 6.79 Å². The Kier molecular flexibility index (Phi) is 5.90. The molecule has 9 heteroatoms. The fourth-order valence-corrected chi connectivity index (χ4v) is 5.04. The lowest BCUT2D eigenvalue weighted by atomic mass is 9.86. The number of hydrogen-bond acceptors (Lipinski definition) is 7. The molecule has 194 valence electrons. The molecule has 1 N–H and O–H groups in total. The third kappa shape index (κ3) is 4.40. The van der Waals surface area contributed by atoms with Crippen molar-refractivity contribution in [3.8, 4) is 22.6 Å². The minimum atomic E-state index is -0.474. The van der Waals surface area contributed by atoms with E-state index in [1.54, 1.807) is 19.0 Å². The highest BCUT2D eigenvalue weighted by atomic mass is 16.7. The van der Waals surface area contributed by atoms with Gasteiger partial charge in [-0.3, -0.25) is 9.59 Å². The van der Waals surface area contributed by atoms with Crippen molar-refractivity contribution < 1.29 is 20.5 Å². The summed E-state index contributed by atoms with van der Waals surface area (Å²) < 4.78 is 11.0. The molecule has 0 saturated heterocycles. The number of fused-ring (bicyclic) bond motifs is 1. The second-order valence-electron chi connectivity index (χ2n) is 10.0. The number of rotatable bonds is 8. The maximum absolute atomic E-state index is 13.6. The van der Waals surface area contributed by atoms with E-state index in [0.717, 1.165) is 46.4 Å². The van der Waals surface area contributed by atoms with Crippen molar-refractivity contribution in [3.05, 3.63) is 88.7 Å². The number of ketones is 1. The van der Waals surface area contributed by atoms with Crippen LogP contribution >= 0.6 is 0 Å². The zero-order chi connectivity index (χ0) is 26.3. The topological polar surface area (TPSA) is 110 Å². The number of aromatic nitrogens is 4. The number of ether oxygens (including phenoxy) is 2. The minimum Gasteiger partial charge on any atom is -0.454 e. The Balaban J connectivity index is 0.00000308. The molecule has 9 nitrogen and oxygen atoms in total. The highest BCUT2D eigenvalue weighted by Crippen LogP contribution is 2.51. The van der Waals surface area contributed by atoms with Crippen LogP contribution < -0.4 is 9.47 Å². The molecule has 0 bridgehead atoms. The van der Waals surface area contributed by atoms with Gasteiger partial charge in [0.05, 0.1) is 5.41 Å². The van der Waals surface area contributed by atoms with Gasteiger partial charge in [0.15, 0.2) is 17.3 Å². The molecule has 1 aliphatic heterocycles. The van der Waals surface area contributed by atoms with Gasteiger partial charge >= 0.3 is 0 Å². The van der Waals surface area contributed by atoms with Crippen LogP contribution in [-0.4, -0.2) is 58.1 Å². The molecule has 1 amide bonds. The van der Waals surface area contributed by atoms with Crippen LogP contribution in [0.15, 0.2) is 60.7 Å². The molecule has 4 aromatic rings. The van der Waals surface area contributed by atoms with Gasteiger partial charge in [0, 0.05) is 33.9 Å². The van der Waals surface area contributed by atoms with Crippen LogP contribution in [0.5, 0.6) is 11.5 Å². The van der Waals surface area contributed by atoms with Crippen molar-refractivity contribution in [1.29, 1.82) is 0 Å². The number of aromatic amines is 1. The van der Waals surface area contributed by atoms with Gasteiger partial charge in [-0.2, -0.15) is 5.21 Å². The van der Waals surface area contributed by atoms with Crippen molar-refractivity contribution >= 4 is 11.7 Å². The van der Waals surface area contributed by atoms with Gasteiger partial charge in [0.1, 0.15) is 5.78 Å². The van der Waals surface area contributed by atoms with Crippen LogP contribution in [0.3, 0.4) is 0 Å². The van der Waals surface area contributed by atoms with Crippen LogP contribution in [-0.2, 0) is 23.1 Å². The Bertz CT molecular complexity index is 1520. The van der Waals surface area contributed by atoms with Gasteiger partial charge in [-0.05, 0) is 64.9 Å². The first-order valence-electron chi connectivity index (χ1n) is 12.5. The zero-order valence-electron chi connectivity index (χ0n) is 21.2. The van der Waals surface area contributed by atoms with Gasteiger partial charge in [0.25, 0.3) is 5.91 Å². The highest BCUT2D eigenvalue weighted by molar-refractivity contribution is 5.95. The molecule has 0 atom stereocenters. The minimum absolute atomic E-state index is 0. The van der Waals surface area contributed by atoms with Crippen LogP contribution in [0.2, 0.25) is 0 Å². The number of nitrogens with zero attached hydrogens (tertiary/aromatic N) is 4. The Morgan fingerprint density at radius 3 is 2.50 bits per heavy atom. The maximum Gasteiger partial charge on any atom is 0.253 e. The smallest absolute Gasteiger partial charge is 0.253 e. The summed E-state index contributed by atoms with van der Waals surface area (Å²) in [5.74, 6) is 2.14. The van der Waals surface area contributed by atoms with E-state index < -0.39 is 5.41 Å². The van der Waals surface area contributed by atoms with Crippen LogP contribution in [0.4, 0.5) is 0 Å². The lowest BCUT2D eigenvalue weighted by molar-refractivity contribution is -0.120. The van der Waals surface area contributed by atoms with Gasteiger partial charge in [-0.25, -0.2) is 0 Å². The predicted molar refractivity (Wildman–Crippen MR) is 141 cm³/mol. The van der Waals surface area contributed by atoms with Crippen LogP contribution in [0, 0.1) is 0 Å². The first-order chi connectivity index (χ1) is 18.4. The van der Waals surface area contributed by atoms with Crippen molar-refractivity contribution in [1.82, 2.24) is 25.5 Å². The number of carbonyl (C=O) groups excluding carboxylic acids is 2. The van der Waals surface area contributed by atoms with E-state index in [2.05, 4.69) is 26.7 Å². The Hall–Kier alpha value is -4.53. The van der Waals surface area contributed by atoms with Crippen molar-refractivity contribution in [3.63, 3.8) is 0 Å². The van der Waals surface area contributed by atoms with Gasteiger partial charge in [-0.15, -0.1) is 10.2 Å². The standard InChI is InChI=1S/C29H27N5O4.H2/c1-34(2)28(36)20-7-5-19(6-8-20)23-13-18(3-4-21(23)15-27-30-32-33-31-27)14-26(35)29(11-12-29)22-9-10-24-25(16-22)38-17-37-24;/h3-10,13,16H,11-12,14-15,17H2,1-2H3,(H,30,31,32,33);1H. The molecule has 1 aliphatic carbocycles. The highest BCUT2D eigenvalue weighted by Gasteiger charge is 2.50. The molecule has 38 heavy (non-hydrogen) atoms. The molecule has 1 saturated carbocycles. The first kappa shape index (κ1) is 23.8. The molecule has 1 aromatic heterocycles. The maximum atomic E-state index is 13.6. The van der Waals surface area contributed by atoms with Crippen molar-refractivity contribution in [2.75, 3.05) is 20.9 Å². The SMILES string of the molecule is CN(C)C(=O)c1ccc(-c2cc(CC(=O)C3(c4ccc5c(c4)OCO5)CC3)ccc2Cc2nn[nH]n2)cc1.[HH]. The van der Waals surface area contributed by atoms with E-state index in [1.807, 2.05) is 54.6 Å². The number of benzene rings is 3. The molecular formula is C29H29N5O4. The summed E-state index contributed by atoms with van der Waals surface area (Å²) in [6, 6.07) is 19.4. The monoisotopic (exact) mass is 511 g/mol. The summed E-state index contributed by atoms with van der Waals surface area (Å²) in [5, 5.41) is 14.4. The Morgan fingerprint density at radius 2 is 1.79 bits per heavy atom. The number of tetrazole rings is 1. The molecule has 2 aliphatic rings. The Labute approximate surface area is 221 Å². The molecule has 0 radical (unpaired) electrons. The largest absolute Gasteiger partial charge is 0.454 e. The third-order valence-corrected chi connectivity index (χ3v) is 7.33. The van der Waals surface area contributed by atoms with Crippen LogP contribution in [0.1, 0.15) is 47.1 Å². The summed E-state index contributed by atoms with van der Waals surface area (Å²) in [5.41, 5.74) is 4.99. The number of Topliss-reactive ketones (excluding diaryl/α,β-unsaturated/α-hetero) is 1. The van der Waals surface area contributed by atoms with Crippen molar-refractivity contribution in [2.45, 2.75) is 31.1 Å². The van der Waals surface area contributed by atoms with E-state index >= 15 is 0 Å². The second kappa shape index (κ2) is 9.41. The fourth-order valence-electron chi connectivity index (χ4n) is 5.04. The average molecular weight is 512 g/mol. The quantitative estimate of drug-likeness (QED) is 0.381. The van der Waals surface area contributed by atoms with Crippen LogP contribution in [0.25, 0.3) is 11.1 Å². The van der Waals surface area contributed by atoms with E-state index in [9.17, 15) is 9.59 Å². The lowest BCUT2D eigenvalue weighted by Crippen LogP contribution is -2.22. The number of amides is 1. The van der Waals surface area contributed by atoms with Crippen molar-refractivity contribution in [2.24, 2.45) is 0 Å². The third-order valence-electron chi connectivity index (χ3n) is 7.33. The molecule has 6 rings (SSSR count). The number of H-pyrrole nitrogens is 1. The van der Waals surface area contributed by atoms with Gasteiger partial charge in [-0.1, -0.05) is 41.6 Å². The summed E-state index contributed by atoms with van der Waals surface area (Å²) in [4.78, 5) is 27.5. The molecule has 0 spiro atoms. The summed E-state index contributed by atoms with van der Waals surface area (Å²) in [6.07, 6.45) is 2.46. The van der Waals surface area contributed by atoms with E-state index in [4.69, 9.17) is 9.47 Å².